The summed E-state index contributed by atoms with van der Waals surface area (Å²) in [6, 6.07) is 24.0. The van der Waals surface area contributed by atoms with Crippen LogP contribution in [0.15, 0.2) is 72.8 Å². The van der Waals surface area contributed by atoms with Crippen molar-refractivity contribution in [2.75, 3.05) is 0 Å². The number of rotatable bonds is 4. The van der Waals surface area contributed by atoms with Gasteiger partial charge in [0.1, 0.15) is 0 Å². The molecule has 0 N–H and O–H groups in total. The van der Waals surface area contributed by atoms with Crippen LogP contribution in [0.3, 0.4) is 0 Å². The highest BCUT2D eigenvalue weighted by Gasteiger charge is 2.38. The molecule has 3 aromatic rings. The average Bonchev–Trinajstić information content (AvgIpc) is 2.90. The summed E-state index contributed by atoms with van der Waals surface area (Å²) in [5.74, 6) is -0.386. The molecule has 0 aliphatic carbocycles. The van der Waals surface area contributed by atoms with E-state index in [4.69, 9.17) is 0 Å². The van der Waals surface area contributed by atoms with Crippen LogP contribution in [0.1, 0.15) is 17.5 Å². The van der Waals surface area contributed by atoms with Crippen molar-refractivity contribution in [2.24, 2.45) is 5.92 Å². The van der Waals surface area contributed by atoms with E-state index in [0.29, 0.717) is 19.4 Å². The van der Waals surface area contributed by atoms with Gasteiger partial charge >= 0.3 is 0 Å². The van der Waals surface area contributed by atoms with Gasteiger partial charge in [0.2, 0.25) is 11.8 Å². The normalized spacial score (nSPS) is 17.4. The predicted molar refractivity (Wildman–Crippen MR) is 97.8 cm³/mol. The zero-order valence-corrected chi connectivity index (χ0v) is 13.9. The summed E-state index contributed by atoms with van der Waals surface area (Å²) in [4.78, 5) is 26.5. The Kier molecular flexibility index (Phi) is 4.06. The van der Waals surface area contributed by atoms with E-state index in [0.717, 1.165) is 21.9 Å². The van der Waals surface area contributed by atoms with Gasteiger partial charge in [0.15, 0.2) is 0 Å². The number of carbonyl (C=O) groups excluding carboxylic acids is 2. The Bertz CT molecular complexity index is 928. The summed E-state index contributed by atoms with van der Waals surface area (Å²) >= 11 is 0. The molecule has 2 amide bonds. The van der Waals surface area contributed by atoms with Crippen LogP contribution in [0.5, 0.6) is 0 Å². The number of benzene rings is 3. The molecule has 1 fully saturated rings. The van der Waals surface area contributed by atoms with Crippen LogP contribution >= 0.6 is 0 Å². The number of hydrogen-bond donors (Lipinski definition) is 0. The van der Waals surface area contributed by atoms with Gasteiger partial charge in [0, 0.05) is 6.42 Å². The zero-order valence-electron chi connectivity index (χ0n) is 13.9. The minimum absolute atomic E-state index is 0.0539. The molecule has 3 nitrogen and oxygen atoms in total. The third-order valence-corrected chi connectivity index (χ3v) is 4.87. The van der Waals surface area contributed by atoms with Crippen LogP contribution in [0.2, 0.25) is 0 Å². The number of likely N-dealkylation sites (tertiary alicyclic amines) is 1. The molecule has 0 radical (unpaired) electrons. The van der Waals surface area contributed by atoms with Gasteiger partial charge in [-0.1, -0.05) is 72.8 Å². The highest BCUT2D eigenvalue weighted by molar-refractivity contribution is 6.03. The standard InChI is InChI=1S/C22H19NO2/c24-21-14-19(22(25)23(21)15-16-7-2-1-3-8-16)13-18-11-6-10-17-9-4-5-12-20(17)18/h1-12,19H,13-15H2/t19-/m0/s1. The fraction of sp³-hybridized carbons (Fsp3) is 0.182. The first-order valence-electron chi connectivity index (χ1n) is 8.57. The monoisotopic (exact) mass is 329 g/mol. The van der Waals surface area contributed by atoms with E-state index < -0.39 is 0 Å². The minimum atomic E-state index is -0.262. The van der Waals surface area contributed by atoms with Crippen LogP contribution in [-0.2, 0) is 22.6 Å². The second-order valence-electron chi connectivity index (χ2n) is 6.55. The summed E-state index contributed by atoms with van der Waals surface area (Å²) in [5.41, 5.74) is 2.11. The van der Waals surface area contributed by atoms with Crippen LogP contribution in [0.4, 0.5) is 0 Å². The number of hydrogen-bond acceptors (Lipinski definition) is 2. The molecule has 1 aliphatic rings. The topological polar surface area (TPSA) is 37.4 Å². The maximum atomic E-state index is 12.8. The number of imide groups is 1. The fourth-order valence-corrected chi connectivity index (χ4v) is 3.58. The van der Waals surface area contributed by atoms with Crippen LogP contribution < -0.4 is 0 Å². The van der Waals surface area contributed by atoms with Crippen molar-refractivity contribution in [1.82, 2.24) is 4.90 Å². The van der Waals surface area contributed by atoms with Gasteiger partial charge in [-0.15, -0.1) is 0 Å². The molecule has 0 spiro atoms. The van der Waals surface area contributed by atoms with Crippen LogP contribution in [0, 0.1) is 5.92 Å². The number of nitrogens with zero attached hydrogens (tertiary/aromatic N) is 1. The van der Waals surface area contributed by atoms with E-state index in [1.54, 1.807) is 0 Å². The Hall–Kier alpha value is -2.94. The lowest BCUT2D eigenvalue weighted by Gasteiger charge is -2.15. The molecule has 1 saturated heterocycles. The van der Waals surface area contributed by atoms with Gasteiger partial charge in [0.05, 0.1) is 12.5 Å². The van der Waals surface area contributed by atoms with E-state index in [1.807, 2.05) is 48.5 Å². The molecule has 4 rings (SSSR count). The molecule has 0 unspecified atom stereocenters. The Labute approximate surface area is 146 Å². The Morgan fingerprint density at radius 2 is 1.56 bits per heavy atom. The van der Waals surface area contributed by atoms with Gasteiger partial charge < -0.3 is 0 Å². The second kappa shape index (κ2) is 6.52. The molecule has 124 valence electrons. The van der Waals surface area contributed by atoms with Crippen molar-refractivity contribution < 1.29 is 9.59 Å². The zero-order chi connectivity index (χ0) is 17.2. The summed E-state index contributed by atoms with van der Waals surface area (Å²) < 4.78 is 0. The maximum absolute atomic E-state index is 12.8. The van der Waals surface area contributed by atoms with E-state index in [-0.39, 0.29) is 17.7 Å². The molecule has 1 heterocycles. The van der Waals surface area contributed by atoms with Crippen LogP contribution in [-0.4, -0.2) is 16.7 Å². The Balaban J connectivity index is 1.56. The Morgan fingerprint density at radius 3 is 2.40 bits per heavy atom. The molecule has 25 heavy (non-hydrogen) atoms. The second-order valence-corrected chi connectivity index (χ2v) is 6.55. The molecule has 0 aromatic heterocycles. The van der Waals surface area contributed by atoms with Crippen molar-refractivity contribution >= 4 is 22.6 Å². The molecule has 0 bridgehead atoms. The van der Waals surface area contributed by atoms with Gasteiger partial charge in [0.25, 0.3) is 0 Å². The minimum Gasteiger partial charge on any atom is -0.278 e. The quantitative estimate of drug-likeness (QED) is 0.680. The summed E-state index contributed by atoms with van der Waals surface area (Å²) in [7, 11) is 0. The SMILES string of the molecule is O=C1C[C@H](Cc2cccc3ccccc23)C(=O)N1Cc1ccccc1. The molecule has 0 saturated carbocycles. The van der Waals surface area contributed by atoms with E-state index in [2.05, 4.69) is 24.3 Å². The molecule has 1 aliphatic heterocycles. The Morgan fingerprint density at radius 1 is 0.840 bits per heavy atom. The number of amides is 2. The van der Waals surface area contributed by atoms with Crippen molar-refractivity contribution in [2.45, 2.75) is 19.4 Å². The first-order chi connectivity index (χ1) is 12.2. The first-order valence-corrected chi connectivity index (χ1v) is 8.57. The van der Waals surface area contributed by atoms with Crippen molar-refractivity contribution in [3.63, 3.8) is 0 Å². The van der Waals surface area contributed by atoms with Crippen molar-refractivity contribution in [1.29, 1.82) is 0 Å². The lowest BCUT2D eigenvalue weighted by Crippen LogP contribution is -2.30. The molecular weight excluding hydrogens is 310 g/mol. The third-order valence-electron chi connectivity index (χ3n) is 4.87. The number of carbonyl (C=O) groups is 2. The van der Waals surface area contributed by atoms with Gasteiger partial charge in [-0.25, -0.2) is 0 Å². The lowest BCUT2D eigenvalue weighted by molar-refractivity contribution is -0.140. The molecule has 1 atom stereocenters. The van der Waals surface area contributed by atoms with Gasteiger partial charge in [-0.3, -0.25) is 14.5 Å². The molecule has 3 heteroatoms. The van der Waals surface area contributed by atoms with Gasteiger partial charge in [-0.05, 0) is 28.3 Å². The first kappa shape index (κ1) is 15.6. The smallest absolute Gasteiger partial charge is 0.233 e. The fourth-order valence-electron chi connectivity index (χ4n) is 3.58. The van der Waals surface area contributed by atoms with Crippen molar-refractivity contribution in [3.05, 3.63) is 83.9 Å². The highest BCUT2D eigenvalue weighted by Crippen LogP contribution is 2.28. The van der Waals surface area contributed by atoms with E-state index in [1.165, 1.54) is 4.90 Å². The molecular formula is C22H19NO2. The maximum Gasteiger partial charge on any atom is 0.233 e. The summed E-state index contributed by atoms with van der Waals surface area (Å²) in [6.45, 7) is 0.366. The largest absolute Gasteiger partial charge is 0.278 e. The lowest BCUT2D eigenvalue weighted by atomic mass is 9.94. The van der Waals surface area contributed by atoms with Gasteiger partial charge in [-0.2, -0.15) is 0 Å². The highest BCUT2D eigenvalue weighted by atomic mass is 16.2. The van der Waals surface area contributed by atoms with E-state index in [9.17, 15) is 9.59 Å². The third kappa shape index (κ3) is 3.05. The average molecular weight is 329 g/mol. The van der Waals surface area contributed by atoms with Crippen LogP contribution in [0.25, 0.3) is 10.8 Å². The summed E-state index contributed by atoms with van der Waals surface area (Å²) in [6.07, 6.45) is 0.909. The summed E-state index contributed by atoms with van der Waals surface area (Å²) in [5, 5.41) is 2.32. The van der Waals surface area contributed by atoms with Crippen molar-refractivity contribution in [3.8, 4) is 0 Å². The predicted octanol–water partition coefficient (Wildman–Crippen LogP) is 3.96. The van der Waals surface area contributed by atoms with E-state index >= 15 is 0 Å². The molecule has 3 aromatic carbocycles. The number of fused-ring (bicyclic) bond motifs is 1.